The fourth-order valence-electron chi connectivity index (χ4n) is 2.24. The zero-order valence-electron chi connectivity index (χ0n) is 10.1. The molecule has 0 aliphatic heterocycles. The van der Waals surface area contributed by atoms with Gasteiger partial charge in [0.2, 0.25) is 5.91 Å². The molecule has 1 amide bonds. The van der Waals surface area contributed by atoms with Crippen molar-refractivity contribution < 1.29 is 4.79 Å². The van der Waals surface area contributed by atoms with Crippen LogP contribution in [0.4, 0.5) is 0 Å². The van der Waals surface area contributed by atoms with E-state index in [0.717, 1.165) is 6.54 Å². The average Bonchev–Trinajstić information content (AvgIpc) is 2.69. The molecule has 0 N–H and O–H groups in total. The molecule has 0 unspecified atom stereocenters. The molecule has 15 heavy (non-hydrogen) atoms. The van der Waals surface area contributed by atoms with E-state index in [2.05, 4.69) is 0 Å². The number of nitrogens with zero attached hydrogens (tertiary/aromatic N) is 1. The van der Waals surface area contributed by atoms with Gasteiger partial charge in [-0.2, -0.15) is 0 Å². The summed E-state index contributed by atoms with van der Waals surface area (Å²) in [6.45, 7) is 4.72. The maximum atomic E-state index is 12.0. The molecule has 0 heterocycles. The van der Waals surface area contributed by atoms with Gasteiger partial charge in [-0.25, -0.2) is 0 Å². The van der Waals surface area contributed by atoms with Crippen LogP contribution in [0.15, 0.2) is 0 Å². The van der Waals surface area contributed by atoms with Gasteiger partial charge in [-0.3, -0.25) is 4.79 Å². The second kappa shape index (κ2) is 5.20. The van der Waals surface area contributed by atoms with Crippen molar-refractivity contribution in [2.45, 2.75) is 39.5 Å². The molecule has 3 heteroatoms. The molecular weight excluding hydrogens is 210 g/mol. The fraction of sp³-hybridized carbons (Fsp3) is 0.917. The Morgan fingerprint density at radius 2 is 1.93 bits per heavy atom. The normalized spacial score (nSPS) is 18.1. The molecule has 1 saturated carbocycles. The lowest BCUT2D eigenvalue weighted by molar-refractivity contribution is -0.138. The molecule has 2 nitrogen and oxygen atoms in total. The molecule has 1 rings (SSSR count). The summed E-state index contributed by atoms with van der Waals surface area (Å²) in [7, 11) is 1.90. The summed E-state index contributed by atoms with van der Waals surface area (Å²) in [4.78, 5) is 13.9. The van der Waals surface area contributed by atoms with Crippen molar-refractivity contribution in [3.63, 3.8) is 0 Å². The molecule has 0 radical (unpaired) electrons. The molecule has 0 aromatic rings. The molecule has 0 bridgehead atoms. The third-order valence-electron chi connectivity index (χ3n) is 3.27. The van der Waals surface area contributed by atoms with Gasteiger partial charge in [0.25, 0.3) is 0 Å². The lowest BCUT2D eigenvalue weighted by atomic mass is 9.94. The Bertz CT molecular complexity index is 222. The van der Waals surface area contributed by atoms with E-state index in [1.807, 2.05) is 25.8 Å². The Balaban J connectivity index is 2.45. The number of alkyl halides is 1. The Morgan fingerprint density at radius 1 is 1.40 bits per heavy atom. The van der Waals surface area contributed by atoms with Crippen LogP contribution >= 0.6 is 11.6 Å². The van der Waals surface area contributed by atoms with Crippen LogP contribution in [0.1, 0.15) is 39.5 Å². The van der Waals surface area contributed by atoms with Crippen molar-refractivity contribution in [2.75, 3.05) is 19.5 Å². The summed E-state index contributed by atoms with van der Waals surface area (Å²) >= 11 is 5.80. The minimum Gasteiger partial charge on any atom is -0.345 e. The standard InChI is InChI=1S/C12H22ClNO/c1-12(2,9-13)11(15)14(3)8-10-6-4-5-7-10/h10H,4-9H2,1-3H3. The summed E-state index contributed by atoms with van der Waals surface area (Å²) in [6, 6.07) is 0. The molecule has 1 aliphatic carbocycles. The first kappa shape index (κ1) is 12.8. The number of hydrogen-bond donors (Lipinski definition) is 0. The van der Waals surface area contributed by atoms with Gasteiger partial charge in [0.05, 0.1) is 5.41 Å². The Morgan fingerprint density at radius 3 is 2.40 bits per heavy atom. The highest BCUT2D eigenvalue weighted by Gasteiger charge is 2.30. The zero-order valence-corrected chi connectivity index (χ0v) is 10.8. The Kier molecular flexibility index (Phi) is 4.45. The van der Waals surface area contributed by atoms with Gasteiger partial charge in [0, 0.05) is 19.5 Å². The number of hydrogen-bond acceptors (Lipinski definition) is 1. The molecule has 0 aromatic heterocycles. The van der Waals surface area contributed by atoms with E-state index in [1.54, 1.807) is 0 Å². The highest BCUT2D eigenvalue weighted by Crippen LogP contribution is 2.27. The molecule has 0 aromatic carbocycles. The van der Waals surface area contributed by atoms with Gasteiger partial charge in [-0.1, -0.05) is 12.8 Å². The van der Waals surface area contributed by atoms with Crippen molar-refractivity contribution in [1.29, 1.82) is 0 Å². The fourth-order valence-corrected chi connectivity index (χ4v) is 2.35. The predicted octanol–water partition coefficient (Wildman–Crippen LogP) is 2.90. The number of carbonyl (C=O) groups excluding carboxylic acids is 1. The number of rotatable bonds is 4. The third-order valence-corrected chi connectivity index (χ3v) is 3.93. The van der Waals surface area contributed by atoms with Crippen molar-refractivity contribution in [3.05, 3.63) is 0 Å². The summed E-state index contributed by atoms with van der Waals surface area (Å²) < 4.78 is 0. The van der Waals surface area contributed by atoms with E-state index < -0.39 is 5.41 Å². The molecule has 0 saturated heterocycles. The van der Waals surface area contributed by atoms with E-state index in [0.29, 0.717) is 11.8 Å². The van der Waals surface area contributed by atoms with Crippen LogP contribution in [-0.4, -0.2) is 30.3 Å². The van der Waals surface area contributed by atoms with Gasteiger partial charge < -0.3 is 4.90 Å². The first-order valence-corrected chi connectivity index (χ1v) is 6.32. The molecule has 88 valence electrons. The summed E-state index contributed by atoms with van der Waals surface area (Å²) in [5.74, 6) is 1.27. The Hall–Kier alpha value is -0.240. The van der Waals surface area contributed by atoms with Crippen molar-refractivity contribution in [2.24, 2.45) is 11.3 Å². The number of carbonyl (C=O) groups is 1. The predicted molar refractivity (Wildman–Crippen MR) is 64.1 cm³/mol. The first-order chi connectivity index (χ1) is 6.97. The summed E-state index contributed by atoms with van der Waals surface area (Å²) in [5.41, 5.74) is -0.422. The van der Waals surface area contributed by atoms with Gasteiger partial charge in [0.1, 0.15) is 0 Å². The second-order valence-corrected chi connectivity index (χ2v) is 5.62. The minimum absolute atomic E-state index is 0.171. The number of halogens is 1. The van der Waals surface area contributed by atoms with Crippen LogP contribution < -0.4 is 0 Å². The zero-order chi connectivity index (χ0) is 11.5. The van der Waals surface area contributed by atoms with Crippen molar-refractivity contribution in [1.82, 2.24) is 4.90 Å². The van der Waals surface area contributed by atoms with Crippen molar-refractivity contribution >= 4 is 17.5 Å². The minimum atomic E-state index is -0.422. The topological polar surface area (TPSA) is 20.3 Å². The first-order valence-electron chi connectivity index (χ1n) is 5.79. The van der Waals surface area contributed by atoms with Gasteiger partial charge in [0.15, 0.2) is 0 Å². The molecule has 0 atom stereocenters. The van der Waals surface area contributed by atoms with Crippen LogP contribution in [0.25, 0.3) is 0 Å². The van der Waals surface area contributed by atoms with Crippen LogP contribution in [0.5, 0.6) is 0 Å². The molecule has 1 fully saturated rings. The molecule has 1 aliphatic rings. The van der Waals surface area contributed by atoms with Crippen LogP contribution in [-0.2, 0) is 4.79 Å². The van der Waals surface area contributed by atoms with Crippen LogP contribution in [0, 0.1) is 11.3 Å². The van der Waals surface area contributed by atoms with Gasteiger partial charge in [-0.05, 0) is 32.6 Å². The van der Waals surface area contributed by atoms with E-state index in [9.17, 15) is 4.79 Å². The second-order valence-electron chi connectivity index (χ2n) is 5.35. The molecule has 0 spiro atoms. The lowest BCUT2D eigenvalue weighted by Gasteiger charge is -2.29. The Labute approximate surface area is 98.0 Å². The number of amides is 1. The maximum Gasteiger partial charge on any atom is 0.229 e. The SMILES string of the molecule is CN(CC1CCCC1)C(=O)C(C)(C)CCl. The van der Waals surface area contributed by atoms with Crippen LogP contribution in [0.2, 0.25) is 0 Å². The largest absolute Gasteiger partial charge is 0.345 e. The lowest BCUT2D eigenvalue weighted by Crippen LogP contribution is -2.41. The average molecular weight is 232 g/mol. The monoisotopic (exact) mass is 231 g/mol. The van der Waals surface area contributed by atoms with E-state index in [1.165, 1.54) is 25.7 Å². The molecular formula is C12H22ClNO. The van der Waals surface area contributed by atoms with Gasteiger partial charge in [-0.15, -0.1) is 11.6 Å². The van der Waals surface area contributed by atoms with Crippen molar-refractivity contribution in [3.8, 4) is 0 Å². The van der Waals surface area contributed by atoms with Crippen LogP contribution in [0.3, 0.4) is 0 Å². The van der Waals surface area contributed by atoms with E-state index in [-0.39, 0.29) is 5.91 Å². The summed E-state index contributed by atoms with van der Waals surface area (Å²) in [6.07, 6.45) is 5.20. The van der Waals surface area contributed by atoms with E-state index >= 15 is 0 Å². The highest BCUT2D eigenvalue weighted by atomic mass is 35.5. The third kappa shape index (κ3) is 3.37. The highest BCUT2D eigenvalue weighted by molar-refractivity contribution is 6.19. The quantitative estimate of drug-likeness (QED) is 0.682. The maximum absolute atomic E-state index is 12.0. The van der Waals surface area contributed by atoms with E-state index in [4.69, 9.17) is 11.6 Å². The van der Waals surface area contributed by atoms with Gasteiger partial charge >= 0.3 is 0 Å². The summed E-state index contributed by atoms with van der Waals surface area (Å²) in [5, 5.41) is 0. The smallest absolute Gasteiger partial charge is 0.229 e.